The minimum Gasteiger partial charge on any atom is -0.368 e. The lowest BCUT2D eigenvalue weighted by Crippen LogP contribution is -2.47. The summed E-state index contributed by atoms with van der Waals surface area (Å²) >= 11 is 0. The van der Waals surface area contributed by atoms with E-state index in [4.69, 9.17) is 40.1 Å². The summed E-state index contributed by atoms with van der Waals surface area (Å²) in [5.41, 5.74) is 39.7. The molecule has 0 fully saturated rings. The number of rotatable bonds is 77. The van der Waals surface area contributed by atoms with Gasteiger partial charge in [-0.3, -0.25) is 43.2 Å². The highest BCUT2D eigenvalue weighted by molar-refractivity contribution is 5.89. The molecule has 5 atom stereocenters. The maximum Gasteiger partial charge on any atom is 0.242 e. The Kier molecular flexibility index (Phi) is 69.3. The van der Waals surface area contributed by atoms with Crippen molar-refractivity contribution in [3.8, 4) is 0 Å². The monoisotopic (exact) mass is 1450 g/mol. The molecule has 5 unspecified atom stereocenters. The molecule has 0 spiro atoms. The van der Waals surface area contributed by atoms with Crippen molar-refractivity contribution in [3.63, 3.8) is 0 Å². The fourth-order valence-electron chi connectivity index (χ4n) is 12.7. The number of amides is 9. The van der Waals surface area contributed by atoms with Gasteiger partial charge in [0.2, 0.25) is 53.2 Å². The highest BCUT2D eigenvalue weighted by Crippen LogP contribution is 2.17. The van der Waals surface area contributed by atoms with Gasteiger partial charge in [0, 0.05) is 51.9 Å². The quantitative estimate of drug-likeness (QED) is 0.0252. The van der Waals surface area contributed by atoms with E-state index in [-0.39, 0.29) is 47.3 Å². The maximum absolute atomic E-state index is 13.2. The van der Waals surface area contributed by atoms with E-state index < -0.39 is 36.1 Å². The van der Waals surface area contributed by atoms with Crippen LogP contribution in [0.1, 0.15) is 353 Å². The number of primary amides is 1. The first-order chi connectivity index (χ1) is 49.6. The van der Waals surface area contributed by atoms with Crippen molar-refractivity contribution in [2.45, 2.75) is 383 Å². The summed E-state index contributed by atoms with van der Waals surface area (Å²) in [7, 11) is 0. The zero-order valence-corrected chi connectivity index (χ0v) is 64.4. The summed E-state index contributed by atoms with van der Waals surface area (Å²) in [5, 5.41) is 23.9. The first kappa shape index (κ1) is 97.0. The normalized spacial score (nSPS) is 12.8. The van der Waals surface area contributed by atoms with Gasteiger partial charge in [-0.05, 0) is 174 Å². The highest BCUT2D eigenvalue weighted by Gasteiger charge is 2.24. The van der Waals surface area contributed by atoms with E-state index in [1.807, 2.05) is 0 Å². The van der Waals surface area contributed by atoms with Crippen LogP contribution >= 0.6 is 0 Å². The van der Waals surface area contributed by atoms with E-state index in [9.17, 15) is 43.2 Å². The van der Waals surface area contributed by atoms with E-state index in [2.05, 4.69) is 42.5 Å². The van der Waals surface area contributed by atoms with Crippen molar-refractivity contribution in [2.24, 2.45) is 40.1 Å². The third kappa shape index (κ3) is 62.4. The molecule has 0 aliphatic rings. The maximum atomic E-state index is 13.2. The minimum absolute atomic E-state index is 0.0688. The summed E-state index contributed by atoms with van der Waals surface area (Å²) in [5.74, 6) is -1.30. The van der Waals surface area contributed by atoms with Gasteiger partial charge in [0.05, 0.1) is 6.04 Å². The fourth-order valence-corrected chi connectivity index (χ4v) is 12.7. The van der Waals surface area contributed by atoms with Crippen LogP contribution in [0.3, 0.4) is 0 Å². The van der Waals surface area contributed by atoms with Crippen molar-refractivity contribution in [2.75, 3.05) is 58.9 Å². The Morgan fingerprint density at radius 2 is 0.402 bits per heavy atom. The van der Waals surface area contributed by atoms with Gasteiger partial charge in [0.25, 0.3) is 0 Å². The van der Waals surface area contributed by atoms with Crippen LogP contribution < -0.4 is 82.7 Å². The van der Waals surface area contributed by atoms with Crippen LogP contribution in [-0.4, -0.2) is 142 Å². The van der Waals surface area contributed by atoms with E-state index in [0.717, 1.165) is 283 Å². The smallest absolute Gasteiger partial charge is 0.242 e. The van der Waals surface area contributed by atoms with Crippen molar-refractivity contribution in [3.05, 3.63) is 0 Å². The van der Waals surface area contributed by atoms with Gasteiger partial charge in [-0.15, -0.1) is 0 Å². The molecule has 22 N–H and O–H groups in total. The lowest BCUT2D eigenvalue weighted by Gasteiger charge is -2.18. The van der Waals surface area contributed by atoms with Crippen molar-refractivity contribution in [1.29, 1.82) is 0 Å². The third-order valence-electron chi connectivity index (χ3n) is 19.2. The molecule has 0 bridgehead atoms. The first-order valence-corrected chi connectivity index (χ1v) is 41.5. The summed E-state index contributed by atoms with van der Waals surface area (Å²) in [6.07, 6.45) is 49.6. The number of hydrogen-bond acceptors (Lipinski definition) is 15. The lowest BCUT2D eigenvalue weighted by atomic mass is 10.0. The van der Waals surface area contributed by atoms with Gasteiger partial charge in [0.1, 0.15) is 24.2 Å². The molecule has 0 aliphatic heterocycles. The molecule has 0 rings (SSSR count). The molecule has 0 saturated heterocycles. The topological polar surface area (TPSA) is 432 Å². The zero-order valence-electron chi connectivity index (χ0n) is 64.4. The van der Waals surface area contributed by atoms with Gasteiger partial charge in [-0.25, -0.2) is 0 Å². The molecule has 0 radical (unpaired) electrons. The number of hydrogen-bond donors (Lipinski definition) is 15. The van der Waals surface area contributed by atoms with Crippen molar-refractivity contribution >= 4 is 53.2 Å². The SMILES string of the molecule is NCCCCC(N)C(=O)NCCCCCCCCCCCC(=O)NC(CCCCN)C(=O)NCCCCCCCCCCCC(=O)NC(CCCCN)C(=O)NCCCCCCCCCCCC(=O)NC(CCCCN)C(=O)NCCCCCCCCCCCC(=O)NC(CCCCN)C(N)=O. The Morgan fingerprint density at radius 1 is 0.216 bits per heavy atom. The fraction of sp³-hybridized carbons (Fsp3) is 0.885. The summed E-state index contributed by atoms with van der Waals surface area (Å²) in [6, 6.07) is -2.72. The summed E-state index contributed by atoms with van der Waals surface area (Å²) < 4.78 is 0. The second-order valence-electron chi connectivity index (χ2n) is 28.8. The number of carbonyl (C=O) groups excluding carboxylic acids is 9. The average Bonchev–Trinajstić information content (AvgIpc) is 1.67. The van der Waals surface area contributed by atoms with Crippen LogP contribution in [0.5, 0.6) is 0 Å². The van der Waals surface area contributed by atoms with Gasteiger partial charge in [-0.2, -0.15) is 0 Å². The van der Waals surface area contributed by atoms with E-state index >= 15 is 0 Å². The number of nitrogens with two attached hydrogens (primary N) is 7. The van der Waals surface area contributed by atoms with Crippen molar-refractivity contribution < 1.29 is 43.2 Å². The largest absolute Gasteiger partial charge is 0.368 e. The Bertz CT molecular complexity index is 2080. The molecule has 0 aromatic carbocycles. The minimum atomic E-state index is -0.627. The molecule has 0 aromatic rings. The number of nitrogens with one attached hydrogen (secondary N) is 8. The molecule has 102 heavy (non-hydrogen) atoms. The van der Waals surface area contributed by atoms with Crippen LogP contribution in [0.25, 0.3) is 0 Å². The van der Waals surface area contributed by atoms with Crippen LogP contribution in [0, 0.1) is 0 Å². The molecular formula is C78H155N15O9. The summed E-state index contributed by atoms with van der Waals surface area (Å²) in [6.45, 7) is 5.23. The van der Waals surface area contributed by atoms with Crippen LogP contribution in [-0.2, 0) is 43.2 Å². The molecule has 0 heterocycles. The molecule has 24 nitrogen and oxygen atoms in total. The van der Waals surface area contributed by atoms with E-state index in [1.165, 1.54) is 12.8 Å². The number of unbranched alkanes of at least 4 members (excludes halogenated alkanes) is 37. The second-order valence-corrected chi connectivity index (χ2v) is 28.8. The Labute approximate surface area is 618 Å². The Hall–Kier alpha value is -5.01. The van der Waals surface area contributed by atoms with Gasteiger partial charge < -0.3 is 82.7 Å². The molecule has 24 heteroatoms. The standard InChI is InChI=1S/C78H155N15O9/c79-56-38-33-47-65(84)75(99)86-61-43-25-17-9-1-6-14-22-30-53-71(95)91-67(49-35-40-58-81)77(101)88-63-45-27-19-11-3-8-16-24-32-55-73(97)93-69(51-37-42-60-83)78(102)89-64-46-28-20-12-4-7-15-23-31-54-72(96)92-68(50-36-41-59-82)76(100)87-62-44-26-18-10-2-5-13-21-29-52-70(94)90-66(74(85)98)48-34-39-57-80/h65-69H,1-64,79-84H2,(H2,85,98)(H,86,99)(H,87,100)(H,88,101)(H,89,102)(H,90,94)(H,91,95)(H,92,96)(H,93,97). The average molecular weight is 1450 g/mol. The lowest BCUT2D eigenvalue weighted by molar-refractivity contribution is -0.129. The van der Waals surface area contributed by atoms with Crippen LogP contribution in [0.4, 0.5) is 0 Å². The van der Waals surface area contributed by atoms with Crippen LogP contribution in [0.15, 0.2) is 0 Å². The summed E-state index contributed by atoms with van der Waals surface area (Å²) in [4.78, 5) is 114. The molecule has 0 saturated carbocycles. The van der Waals surface area contributed by atoms with Crippen molar-refractivity contribution in [1.82, 2.24) is 42.5 Å². The Balaban J connectivity index is 4.19. The van der Waals surface area contributed by atoms with Gasteiger partial charge >= 0.3 is 0 Å². The highest BCUT2D eigenvalue weighted by atomic mass is 16.2. The van der Waals surface area contributed by atoms with E-state index in [0.29, 0.717) is 117 Å². The van der Waals surface area contributed by atoms with E-state index in [1.54, 1.807) is 0 Å². The predicted molar refractivity (Wildman–Crippen MR) is 416 cm³/mol. The molecule has 9 amide bonds. The predicted octanol–water partition coefficient (Wildman–Crippen LogP) is 9.45. The number of carbonyl (C=O) groups is 9. The molecule has 0 aliphatic carbocycles. The molecular weight excluding hydrogens is 1290 g/mol. The first-order valence-electron chi connectivity index (χ1n) is 41.5. The van der Waals surface area contributed by atoms with Gasteiger partial charge in [0.15, 0.2) is 0 Å². The third-order valence-corrected chi connectivity index (χ3v) is 19.2. The van der Waals surface area contributed by atoms with Crippen LogP contribution in [0.2, 0.25) is 0 Å². The zero-order chi connectivity index (χ0) is 75.0. The van der Waals surface area contributed by atoms with Gasteiger partial charge in [-0.1, -0.05) is 186 Å². The molecule has 0 aromatic heterocycles. The Morgan fingerprint density at radius 3 is 0.627 bits per heavy atom. The second kappa shape index (κ2) is 72.9. The molecule has 596 valence electrons.